The molecule has 1 fully saturated rings. The molecule has 1 heterocycles. The minimum absolute atomic E-state index is 0.627. The Morgan fingerprint density at radius 3 is 2.05 bits per heavy atom. The average Bonchev–Trinajstić information content (AvgIpc) is 3.00. The predicted octanol–water partition coefficient (Wildman–Crippen LogP) is 1.80. The van der Waals surface area contributed by atoms with Gasteiger partial charge in [-0.25, -0.2) is 4.79 Å². The third-order valence-corrected chi connectivity index (χ3v) is 2.65. The maximum Gasteiger partial charge on any atom is 0.203 e. The van der Waals surface area contributed by atoms with Crippen LogP contribution in [0.5, 0.6) is 17.2 Å². The smallest absolute Gasteiger partial charge is 0.203 e. The molecule has 1 aromatic rings. The fraction of sp³-hybridized carbons (Fsp3) is 0.429. The molecule has 0 amide bonds. The first kappa shape index (κ1) is 14.9. The number of hydrogen-bond acceptors (Lipinski definition) is 5. The molecule has 1 aliphatic rings. The van der Waals surface area contributed by atoms with Crippen LogP contribution in [0.4, 0.5) is 0 Å². The van der Waals surface area contributed by atoms with Gasteiger partial charge in [0.25, 0.3) is 0 Å². The number of benzene rings is 1. The van der Waals surface area contributed by atoms with Gasteiger partial charge >= 0.3 is 0 Å². The SMILES string of the molecule is COc1cccc(OC)c1OC.O=C=C1CCCN1. The number of hydrogen-bond donors (Lipinski definition) is 1. The van der Waals surface area contributed by atoms with Gasteiger partial charge < -0.3 is 19.5 Å². The van der Waals surface area contributed by atoms with Crippen molar-refractivity contribution in [2.75, 3.05) is 27.9 Å². The van der Waals surface area contributed by atoms with Crippen LogP contribution in [0.2, 0.25) is 0 Å². The van der Waals surface area contributed by atoms with Gasteiger partial charge in [-0.15, -0.1) is 0 Å². The Morgan fingerprint density at radius 2 is 1.74 bits per heavy atom. The standard InChI is InChI=1S/C9H12O3.C5H7NO/c1-10-7-5-4-6-8(11-2)9(7)12-3;7-4-5-2-1-3-6-5/h4-6H,1-3H3;6H,1-3H2. The zero-order valence-corrected chi connectivity index (χ0v) is 11.5. The quantitative estimate of drug-likeness (QED) is 0.844. The van der Waals surface area contributed by atoms with E-state index < -0.39 is 0 Å². The largest absolute Gasteiger partial charge is 0.493 e. The van der Waals surface area contributed by atoms with Gasteiger partial charge in [-0.05, 0) is 25.0 Å². The average molecular weight is 265 g/mol. The van der Waals surface area contributed by atoms with E-state index in [0.717, 1.165) is 25.1 Å². The number of rotatable bonds is 3. The summed E-state index contributed by atoms with van der Waals surface area (Å²) in [5.74, 6) is 3.80. The second kappa shape index (κ2) is 8.06. The molecule has 0 aliphatic carbocycles. The third kappa shape index (κ3) is 4.23. The molecular formula is C14H19NO4. The highest BCUT2D eigenvalue weighted by atomic mass is 16.5. The Hall–Kier alpha value is -2.13. The van der Waals surface area contributed by atoms with Crippen LogP contribution in [0.15, 0.2) is 23.9 Å². The summed E-state index contributed by atoms with van der Waals surface area (Å²) in [5.41, 5.74) is 0.736. The van der Waals surface area contributed by atoms with Crippen LogP contribution >= 0.6 is 0 Å². The summed E-state index contributed by atoms with van der Waals surface area (Å²) in [6, 6.07) is 5.49. The van der Waals surface area contributed by atoms with Gasteiger partial charge in [0.05, 0.1) is 27.0 Å². The lowest BCUT2D eigenvalue weighted by Gasteiger charge is -2.10. The number of carbonyl (C=O) groups excluding carboxylic acids is 1. The number of para-hydroxylation sites is 1. The maximum atomic E-state index is 9.78. The summed E-state index contributed by atoms with van der Waals surface area (Å²) in [7, 11) is 4.77. The van der Waals surface area contributed by atoms with Crippen molar-refractivity contribution < 1.29 is 19.0 Å². The molecule has 0 radical (unpaired) electrons. The van der Waals surface area contributed by atoms with E-state index in [4.69, 9.17) is 14.2 Å². The van der Waals surface area contributed by atoms with E-state index in [1.807, 2.05) is 24.1 Å². The molecule has 5 nitrogen and oxygen atoms in total. The van der Waals surface area contributed by atoms with E-state index in [1.54, 1.807) is 21.3 Å². The first-order chi connectivity index (χ1) is 9.26. The Labute approximate surface area is 113 Å². The second-order valence-electron chi connectivity index (χ2n) is 3.81. The van der Waals surface area contributed by atoms with Crippen molar-refractivity contribution >= 4 is 5.94 Å². The highest BCUT2D eigenvalue weighted by Gasteiger charge is 2.08. The van der Waals surface area contributed by atoms with Gasteiger partial charge in [0.1, 0.15) is 5.94 Å². The van der Waals surface area contributed by atoms with Crippen LogP contribution in [-0.2, 0) is 4.79 Å². The second-order valence-corrected chi connectivity index (χ2v) is 3.81. The minimum Gasteiger partial charge on any atom is -0.493 e. The lowest BCUT2D eigenvalue weighted by molar-refractivity contribution is 0.324. The summed E-state index contributed by atoms with van der Waals surface area (Å²) >= 11 is 0. The van der Waals surface area contributed by atoms with E-state index in [-0.39, 0.29) is 0 Å². The van der Waals surface area contributed by atoms with Crippen molar-refractivity contribution in [2.45, 2.75) is 12.8 Å². The molecular weight excluding hydrogens is 246 g/mol. The predicted molar refractivity (Wildman–Crippen MR) is 72.5 cm³/mol. The number of allylic oxidation sites excluding steroid dienone is 1. The molecule has 5 heteroatoms. The zero-order valence-electron chi connectivity index (χ0n) is 11.5. The summed E-state index contributed by atoms with van der Waals surface area (Å²) in [6.07, 6.45) is 1.98. The normalized spacial score (nSPS) is 12.7. The summed E-state index contributed by atoms with van der Waals surface area (Å²) in [6.45, 7) is 0.949. The van der Waals surface area contributed by atoms with Crippen molar-refractivity contribution in [3.8, 4) is 17.2 Å². The molecule has 1 aromatic carbocycles. The van der Waals surface area contributed by atoms with Crippen molar-refractivity contribution in [2.24, 2.45) is 0 Å². The Kier molecular flexibility index (Phi) is 6.33. The van der Waals surface area contributed by atoms with Gasteiger partial charge in [-0.3, -0.25) is 0 Å². The van der Waals surface area contributed by atoms with Crippen LogP contribution in [0.3, 0.4) is 0 Å². The van der Waals surface area contributed by atoms with Crippen molar-refractivity contribution in [1.29, 1.82) is 0 Å². The van der Waals surface area contributed by atoms with Crippen LogP contribution < -0.4 is 19.5 Å². The molecule has 0 atom stereocenters. The first-order valence-electron chi connectivity index (χ1n) is 5.99. The van der Waals surface area contributed by atoms with Gasteiger partial charge in [0, 0.05) is 6.54 Å². The molecule has 1 N–H and O–H groups in total. The van der Waals surface area contributed by atoms with E-state index in [9.17, 15) is 4.79 Å². The summed E-state index contributed by atoms with van der Waals surface area (Å²) < 4.78 is 15.3. The van der Waals surface area contributed by atoms with Crippen LogP contribution in [0.25, 0.3) is 0 Å². The van der Waals surface area contributed by atoms with Gasteiger partial charge in [-0.2, -0.15) is 0 Å². The molecule has 1 saturated heterocycles. The molecule has 0 bridgehead atoms. The molecule has 0 spiro atoms. The van der Waals surface area contributed by atoms with Crippen LogP contribution in [0.1, 0.15) is 12.8 Å². The van der Waals surface area contributed by atoms with Crippen molar-refractivity contribution in [3.05, 3.63) is 23.9 Å². The fourth-order valence-electron chi connectivity index (χ4n) is 1.70. The number of nitrogens with one attached hydrogen (secondary N) is 1. The molecule has 0 saturated carbocycles. The zero-order chi connectivity index (χ0) is 14.1. The highest BCUT2D eigenvalue weighted by molar-refractivity contribution is 5.52. The van der Waals surface area contributed by atoms with Gasteiger partial charge in [0.15, 0.2) is 11.5 Å². The lowest BCUT2D eigenvalue weighted by atomic mass is 10.3. The minimum atomic E-state index is 0.627. The molecule has 104 valence electrons. The van der Waals surface area contributed by atoms with Crippen LogP contribution in [0, 0.1) is 0 Å². The summed E-state index contributed by atoms with van der Waals surface area (Å²) in [5, 5.41) is 2.90. The fourth-order valence-corrected chi connectivity index (χ4v) is 1.70. The molecule has 19 heavy (non-hydrogen) atoms. The van der Waals surface area contributed by atoms with E-state index in [2.05, 4.69) is 5.32 Å². The monoisotopic (exact) mass is 265 g/mol. The maximum absolute atomic E-state index is 9.78. The molecule has 1 aliphatic heterocycles. The van der Waals surface area contributed by atoms with Gasteiger partial charge in [-0.1, -0.05) is 6.07 Å². The Morgan fingerprint density at radius 1 is 1.11 bits per heavy atom. The summed E-state index contributed by atoms with van der Waals surface area (Å²) in [4.78, 5) is 9.78. The highest BCUT2D eigenvalue weighted by Crippen LogP contribution is 2.35. The third-order valence-electron chi connectivity index (χ3n) is 2.65. The Bertz CT molecular complexity index is 423. The van der Waals surface area contributed by atoms with Gasteiger partial charge in [0.2, 0.25) is 5.75 Å². The molecule has 0 unspecified atom stereocenters. The molecule has 0 aromatic heterocycles. The Balaban J connectivity index is 0.000000218. The van der Waals surface area contributed by atoms with Crippen molar-refractivity contribution in [1.82, 2.24) is 5.32 Å². The topological polar surface area (TPSA) is 56.8 Å². The van der Waals surface area contributed by atoms with E-state index in [0.29, 0.717) is 17.2 Å². The number of ether oxygens (including phenoxy) is 3. The first-order valence-corrected chi connectivity index (χ1v) is 5.99. The van der Waals surface area contributed by atoms with Crippen LogP contribution in [-0.4, -0.2) is 33.8 Å². The number of methoxy groups -OCH3 is 3. The van der Waals surface area contributed by atoms with E-state index in [1.165, 1.54) is 0 Å². The van der Waals surface area contributed by atoms with Crippen molar-refractivity contribution in [3.63, 3.8) is 0 Å². The molecule has 2 rings (SSSR count). The lowest BCUT2D eigenvalue weighted by Crippen LogP contribution is -2.03. The van der Waals surface area contributed by atoms with E-state index >= 15 is 0 Å².